The Balaban J connectivity index is 3.09. The second-order valence-electron chi connectivity index (χ2n) is 6.38. The minimum absolute atomic E-state index is 0.101. The van der Waals surface area contributed by atoms with Crippen molar-refractivity contribution in [2.75, 3.05) is 13.1 Å². The molecule has 21 heavy (non-hydrogen) atoms. The summed E-state index contributed by atoms with van der Waals surface area (Å²) >= 11 is 0. The Bertz CT molecular complexity index is 517. The average Bonchev–Trinajstić information content (AvgIpc) is 2.42. The van der Waals surface area contributed by atoms with Crippen LogP contribution < -0.4 is 0 Å². The standard InChI is InChI=1S/C17H25NO3/c1-6-18(11-12(2)16(20)21)15(19)13-9-7-8-10-14(13)17(3,4)5/h7-10,12H,6,11H2,1-5H3,(H,20,21). The molecule has 1 amide bonds. The quantitative estimate of drug-likeness (QED) is 0.906. The van der Waals surface area contributed by atoms with Crippen molar-refractivity contribution >= 4 is 11.9 Å². The van der Waals surface area contributed by atoms with Crippen molar-refractivity contribution in [1.82, 2.24) is 4.90 Å². The minimum atomic E-state index is -0.884. The van der Waals surface area contributed by atoms with Gasteiger partial charge in [-0.15, -0.1) is 0 Å². The van der Waals surface area contributed by atoms with E-state index >= 15 is 0 Å². The summed E-state index contributed by atoms with van der Waals surface area (Å²) in [5.74, 6) is -1.56. The van der Waals surface area contributed by atoms with Gasteiger partial charge in [-0.05, 0) is 24.0 Å². The van der Waals surface area contributed by atoms with Gasteiger partial charge in [-0.2, -0.15) is 0 Å². The SMILES string of the molecule is CCN(CC(C)C(=O)O)C(=O)c1ccccc1C(C)(C)C. The second-order valence-corrected chi connectivity index (χ2v) is 6.38. The van der Waals surface area contributed by atoms with Gasteiger partial charge in [0.1, 0.15) is 0 Å². The zero-order valence-corrected chi connectivity index (χ0v) is 13.5. The highest BCUT2D eigenvalue weighted by molar-refractivity contribution is 5.96. The molecule has 0 saturated carbocycles. The molecule has 0 spiro atoms. The molecule has 1 aromatic rings. The van der Waals surface area contributed by atoms with E-state index in [9.17, 15) is 9.59 Å². The summed E-state index contributed by atoms with van der Waals surface area (Å²) in [7, 11) is 0. The van der Waals surface area contributed by atoms with E-state index in [2.05, 4.69) is 20.8 Å². The van der Waals surface area contributed by atoms with Gasteiger partial charge in [-0.25, -0.2) is 0 Å². The molecule has 1 atom stereocenters. The Labute approximate surface area is 126 Å². The maximum Gasteiger partial charge on any atom is 0.308 e. The molecule has 0 heterocycles. The van der Waals surface area contributed by atoms with E-state index in [1.807, 2.05) is 31.2 Å². The molecule has 4 heteroatoms. The van der Waals surface area contributed by atoms with Crippen LogP contribution in [0.5, 0.6) is 0 Å². The second kappa shape index (κ2) is 6.74. The maximum absolute atomic E-state index is 12.7. The molecule has 0 aliphatic carbocycles. The molecule has 1 aromatic carbocycles. The van der Waals surface area contributed by atoms with Gasteiger partial charge in [-0.3, -0.25) is 9.59 Å². The number of nitrogens with zero attached hydrogens (tertiary/aromatic N) is 1. The van der Waals surface area contributed by atoms with E-state index in [0.717, 1.165) is 5.56 Å². The van der Waals surface area contributed by atoms with Crippen LogP contribution in [0.3, 0.4) is 0 Å². The van der Waals surface area contributed by atoms with Gasteiger partial charge < -0.3 is 10.0 Å². The Morgan fingerprint density at radius 1 is 1.24 bits per heavy atom. The summed E-state index contributed by atoms with van der Waals surface area (Å²) < 4.78 is 0. The van der Waals surface area contributed by atoms with E-state index in [1.165, 1.54) is 0 Å². The number of hydrogen-bond acceptors (Lipinski definition) is 2. The fourth-order valence-electron chi connectivity index (χ4n) is 2.26. The molecule has 1 unspecified atom stereocenters. The Morgan fingerprint density at radius 2 is 1.81 bits per heavy atom. The van der Waals surface area contributed by atoms with E-state index in [1.54, 1.807) is 11.8 Å². The largest absolute Gasteiger partial charge is 0.481 e. The average molecular weight is 291 g/mol. The van der Waals surface area contributed by atoms with Gasteiger partial charge in [0.2, 0.25) is 0 Å². The van der Waals surface area contributed by atoms with Crippen molar-refractivity contribution in [2.45, 2.75) is 40.0 Å². The summed E-state index contributed by atoms with van der Waals surface area (Å²) in [6.45, 7) is 10.4. The Kier molecular flexibility index (Phi) is 5.53. The summed E-state index contributed by atoms with van der Waals surface area (Å²) in [4.78, 5) is 25.3. The Morgan fingerprint density at radius 3 is 2.29 bits per heavy atom. The van der Waals surface area contributed by atoms with Crippen LogP contribution in [-0.4, -0.2) is 35.0 Å². The minimum Gasteiger partial charge on any atom is -0.481 e. The number of carboxylic acid groups (broad SMARTS) is 1. The number of hydrogen-bond donors (Lipinski definition) is 1. The van der Waals surface area contributed by atoms with Gasteiger partial charge in [0.25, 0.3) is 5.91 Å². The lowest BCUT2D eigenvalue weighted by Gasteiger charge is -2.27. The zero-order valence-electron chi connectivity index (χ0n) is 13.5. The van der Waals surface area contributed by atoms with Gasteiger partial charge in [0.15, 0.2) is 0 Å². The molecule has 0 aromatic heterocycles. The summed E-state index contributed by atoms with van der Waals surface area (Å²) in [6.07, 6.45) is 0. The normalized spacial score (nSPS) is 12.8. The van der Waals surface area contributed by atoms with Crippen LogP contribution in [0.1, 0.15) is 50.5 Å². The molecular formula is C17H25NO3. The lowest BCUT2D eigenvalue weighted by Crippen LogP contribution is -2.37. The van der Waals surface area contributed by atoms with Crippen molar-refractivity contribution in [3.05, 3.63) is 35.4 Å². The first-order chi connectivity index (χ1) is 9.68. The van der Waals surface area contributed by atoms with Crippen molar-refractivity contribution in [1.29, 1.82) is 0 Å². The highest BCUT2D eigenvalue weighted by Crippen LogP contribution is 2.26. The van der Waals surface area contributed by atoms with Gasteiger partial charge in [-0.1, -0.05) is 45.9 Å². The monoisotopic (exact) mass is 291 g/mol. The lowest BCUT2D eigenvalue weighted by atomic mass is 9.83. The summed E-state index contributed by atoms with van der Waals surface area (Å²) in [5, 5.41) is 9.02. The first-order valence-corrected chi connectivity index (χ1v) is 7.30. The molecule has 0 aliphatic rings. The van der Waals surface area contributed by atoms with E-state index in [4.69, 9.17) is 5.11 Å². The third-order valence-corrected chi connectivity index (χ3v) is 3.55. The van der Waals surface area contributed by atoms with Crippen molar-refractivity contribution in [3.8, 4) is 0 Å². The first-order valence-electron chi connectivity index (χ1n) is 7.30. The molecule has 1 N–H and O–H groups in total. The van der Waals surface area contributed by atoms with Gasteiger partial charge in [0.05, 0.1) is 5.92 Å². The van der Waals surface area contributed by atoms with Gasteiger partial charge >= 0.3 is 5.97 Å². The van der Waals surface area contributed by atoms with Crippen LogP contribution >= 0.6 is 0 Å². The molecular weight excluding hydrogens is 266 g/mol. The van der Waals surface area contributed by atoms with Crippen LogP contribution in [0.2, 0.25) is 0 Å². The predicted octanol–water partition coefficient (Wildman–Crippen LogP) is 3.17. The molecule has 0 saturated heterocycles. The van der Waals surface area contributed by atoms with Crippen LogP contribution in [0.15, 0.2) is 24.3 Å². The number of amides is 1. The molecule has 0 aliphatic heterocycles. The van der Waals surface area contributed by atoms with E-state index in [-0.39, 0.29) is 17.9 Å². The van der Waals surface area contributed by atoms with Crippen molar-refractivity contribution < 1.29 is 14.7 Å². The summed E-state index contributed by atoms with van der Waals surface area (Å²) in [5.41, 5.74) is 1.50. The fraction of sp³-hybridized carbons (Fsp3) is 0.529. The molecule has 4 nitrogen and oxygen atoms in total. The number of carboxylic acids is 1. The van der Waals surface area contributed by atoms with Crippen LogP contribution in [0.4, 0.5) is 0 Å². The summed E-state index contributed by atoms with van der Waals surface area (Å²) in [6, 6.07) is 7.54. The van der Waals surface area contributed by atoms with Crippen molar-refractivity contribution in [3.63, 3.8) is 0 Å². The maximum atomic E-state index is 12.7. The fourth-order valence-corrected chi connectivity index (χ4v) is 2.26. The molecule has 116 valence electrons. The molecule has 1 rings (SSSR count). The number of aliphatic carboxylic acids is 1. The number of benzene rings is 1. The molecule has 0 fully saturated rings. The molecule has 0 radical (unpaired) electrons. The Hall–Kier alpha value is -1.84. The van der Waals surface area contributed by atoms with Gasteiger partial charge in [0, 0.05) is 18.7 Å². The first kappa shape index (κ1) is 17.2. The lowest BCUT2D eigenvalue weighted by molar-refractivity contribution is -0.141. The third kappa shape index (κ3) is 4.31. The van der Waals surface area contributed by atoms with Crippen LogP contribution in [0.25, 0.3) is 0 Å². The number of carbonyl (C=O) groups excluding carboxylic acids is 1. The number of carbonyl (C=O) groups is 2. The van der Waals surface area contributed by atoms with Crippen LogP contribution in [-0.2, 0) is 10.2 Å². The van der Waals surface area contributed by atoms with Crippen LogP contribution in [0, 0.1) is 5.92 Å². The molecule has 0 bridgehead atoms. The predicted molar refractivity (Wildman–Crippen MR) is 83.5 cm³/mol. The van der Waals surface area contributed by atoms with Crippen molar-refractivity contribution in [2.24, 2.45) is 5.92 Å². The smallest absolute Gasteiger partial charge is 0.308 e. The zero-order chi connectivity index (χ0) is 16.2. The van der Waals surface area contributed by atoms with E-state index < -0.39 is 11.9 Å². The van der Waals surface area contributed by atoms with E-state index in [0.29, 0.717) is 12.1 Å². The topological polar surface area (TPSA) is 57.6 Å². The highest BCUT2D eigenvalue weighted by atomic mass is 16.4. The number of rotatable bonds is 5. The highest BCUT2D eigenvalue weighted by Gasteiger charge is 2.25. The third-order valence-electron chi connectivity index (χ3n) is 3.55.